The fourth-order valence-electron chi connectivity index (χ4n) is 2.77. The van der Waals surface area contributed by atoms with E-state index in [0.717, 1.165) is 6.61 Å². The Morgan fingerprint density at radius 1 is 1.17 bits per heavy atom. The van der Waals surface area contributed by atoms with E-state index in [-0.39, 0.29) is 0 Å². The third-order valence-electron chi connectivity index (χ3n) is 3.41. The van der Waals surface area contributed by atoms with E-state index in [0.29, 0.717) is 5.54 Å². The van der Waals surface area contributed by atoms with Crippen molar-refractivity contribution in [2.24, 2.45) is 5.90 Å². The second kappa shape index (κ2) is 3.32. The molecule has 3 heteroatoms. The van der Waals surface area contributed by atoms with Gasteiger partial charge in [0.25, 0.3) is 0 Å². The third kappa shape index (κ3) is 1.26. The van der Waals surface area contributed by atoms with Crippen LogP contribution >= 0.6 is 0 Å². The predicted molar refractivity (Wildman–Crippen MR) is 47.5 cm³/mol. The Morgan fingerprint density at radius 2 is 1.92 bits per heavy atom. The van der Waals surface area contributed by atoms with Gasteiger partial charge < -0.3 is 4.84 Å². The molecule has 2 aliphatic heterocycles. The van der Waals surface area contributed by atoms with Crippen molar-refractivity contribution >= 4 is 0 Å². The number of nitrogens with zero attached hydrogens (tertiary/aromatic N) is 1. The highest BCUT2D eigenvalue weighted by molar-refractivity contribution is 4.97. The zero-order chi connectivity index (χ0) is 8.44. The van der Waals surface area contributed by atoms with Crippen LogP contribution in [-0.2, 0) is 4.84 Å². The molecule has 2 fully saturated rings. The van der Waals surface area contributed by atoms with Gasteiger partial charge in [-0.15, -0.1) is 0 Å². The first-order valence-electron chi connectivity index (χ1n) is 4.94. The van der Waals surface area contributed by atoms with Gasteiger partial charge in [-0.05, 0) is 38.8 Å². The van der Waals surface area contributed by atoms with Gasteiger partial charge in [-0.3, -0.25) is 4.90 Å². The number of hydrogen-bond acceptors (Lipinski definition) is 3. The summed E-state index contributed by atoms with van der Waals surface area (Å²) in [5.74, 6) is 5.18. The van der Waals surface area contributed by atoms with Crippen LogP contribution < -0.4 is 5.90 Å². The summed E-state index contributed by atoms with van der Waals surface area (Å²) in [6.07, 6.45) is 6.59. The molecule has 0 amide bonds. The summed E-state index contributed by atoms with van der Waals surface area (Å²) in [5, 5.41) is 0. The minimum absolute atomic E-state index is 0.326. The zero-order valence-electron chi connectivity index (χ0n) is 7.59. The molecule has 0 aromatic carbocycles. The smallest absolute Gasteiger partial charge is 0.0863 e. The Balaban J connectivity index is 2.06. The fraction of sp³-hybridized carbons (Fsp3) is 1.00. The second-order valence-electron chi connectivity index (χ2n) is 4.08. The van der Waals surface area contributed by atoms with Gasteiger partial charge in [0.15, 0.2) is 0 Å². The van der Waals surface area contributed by atoms with E-state index in [9.17, 15) is 0 Å². The number of rotatable bonds is 2. The maximum Gasteiger partial charge on any atom is 0.0863 e. The van der Waals surface area contributed by atoms with Gasteiger partial charge in [0.2, 0.25) is 0 Å². The molecule has 0 spiro atoms. The molecule has 2 heterocycles. The molecule has 12 heavy (non-hydrogen) atoms. The van der Waals surface area contributed by atoms with Crippen LogP contribution in [0.5, 0.6) is 0 Å². The molecular weight excluding hydrogens is 152 g/mol. The summed E-state index contributed by atoms with van der Waals surface area (Å²) >= 11 is 0. The molecule has 2 saturated heterocycles. The van der Waals surface area contributed by atoms with E-state index in [1.807, 2.05) is 0 Å². The molecule has 70 valence electrons. The average Bonchev–Trinajstić information content (AvgIpc) is 2.48. The van der Waals surface area contributed by atoms with Crippen LogP contribution in [0.15, 0.2) is 0 Å². The van der Waals surface area contributed by atoms with E-state index in [2.05, 4.69) is 4.90 Å². The van der Waals surface area contributed by atoms with Crippen molar-refractivity contribution in [3.05, 3.63) is 0 Å². The van der Waals surface area contributed by atoms with Crippen LogP contribution in [0.4, 0.5) is 0 Å². The largest absolute Gasteiger partial charge is 0.303 e. The van der Waals surface area contributed by atoms with E-state index in [1.165, 1.54) is 45.2 Å². The second-order valence-corrected chi connectivity index (χ2v) is 4.08. The lowest BCUT2D eigenvalue weighted by atomic mass is 9.87. The first-order chi connectivity index (χ1) is 5.87. The van der Waals surface area contributed by atoms with Crippen molar-refractivity contribution in [3.63, 3.8) is 0 Å². The van der Waals surface area contributed by atoms with Gasteiger partial charge in [0.1, 0.15) is 0 Å². The maximum absolute atomic E-state index is 5.18. The Hall–Kier alpha value is -0.120. The lowest BCUT2D eigenvalue weighted by Crippen LogP contribution is -2.50. The molecule has 3 nitrogen and oxygen atoms in total. The van der Waals surface area contributed by atoms with Gasteiger partial charge in [-0.1, -0.05) is 6.42 Å². The van der Waals surface area contributed by atoms with Crippen molar-refractivity contribution in [3.8, 4) is 0 Å². The Bertz CT molecular complexity index is 159. The summed E-state index contributed by atoms with van der Waals surface area (Å²) in [5.41, 5.74) is 0.326. The molecule has 0 aromatic rings. The van der Waals surface area contributed by atoms with Crippen molar-refractivity contribution in [2.45, 2.75) is 37.6 Å². The summed E-state index contributed by atoms with van der Waals surface area (Å²) in [4.78, 5) is 7.42. The zero-order valence-corrected chi connectivity index (χ0v) is 7.59. The van der Waals surface area contributed by atoms with Crippen LogP contribution in [-0.4, -0.2) is 30.1 Å². The fourth-order valence-corrected chi connectivity index (χ4v) is 2.77. The van der Waals surface area contributed by atoms with Gasteiger partial charge in [0.05, 0.1) is 6.61 Å². The monoisotopic (exact) mass is 170 g/mol. The molecule has 1 atom stereocenters. The van der Waals surface area contributed by atoms with Crippen LogP contribution in [0.1, 0.15) is 32.1 Å². The molecule has 0 saturated carbocycles. The molecule has 2 aliphatic rings. The summed E-state index contributed by atoms with van der Waals surface area (Å²) in [7, 11) is 0. The molecule has 2 N–H and O–H groups in total. The van der Waals surface area contributed by atoms with E-state index >= 15 is 0 Å². The summed E-state index contributed by atoms with van der Waals surface area (Å²) < 4.78 is 0. The Morgan fingerprint density at radius 3 is 2.75 bits per heavy atom. The van der Waals surface area contributed by atoms with Crippen LogP contribution in [0.3, 0.4) is 0 Å². The standard InChI is InChI=1S/C9H18N2O/c10-12-8-9-4-1-2-6-11(9)7-3-5-9/h1-8,10H2. The van der Waals surface area contributed by atoms with Crippen molar-refractivity contribution in [2.75, 3.05) is 19.7 Å². The number of nitrogens with two attached hydrogens (primary N) is 1. The molecule has 0 aliphatic carbocycles. The highest BCUT2D eigenvalue weighted by Crippen LogP contribution is 2.37. The van der Waals surface area contributed by atoms with Crippen molar-refractivity contribution in [1.29, 1.82) is 0 Å². The van der Waals surface area contributed by atoms with Crippen LogP contribution in [0.2, 0.25) is 0 Å². The Labute approximate surface area is 73.8 Å². The minimum Gasteiger partial charge on any atom is -0.303 e. The quantitative estimate of drug-likeness (QED) is 0.626. The summed E-state index contributed by atoms with van der Waals surface area (Å²) in [6, 6.07) is 0. The van der Waals surface area contributed by atoms with Crippen molar-refractivity contribution < 1.29 is 4.84 Å². The SMILES string of the molecule is NOCC12CCCCN1CCC2. The molecule has 1 unspecified atom stereocenters. The van der Waals surface area contributed by atoms with E-state index in [1.54, 1.807) is 0 Å². The van der Waals surface area contributed by atoms with Gasteiger partial charge in [-0.25, -0.2) is 5.90 Å². The van der Waals surface area contributed by atoms with Gasteiger partial charge in [-0.2, -0.15) is 0 Å². The third-order valence-corrected chi connectivity index (χ3v) is 3.41. The van der Waals surface area contributed by atoms with Crippen LogP contribution in [0.25, 0.3) is 0 Å². The topological polar surface area (TPSA) is 38.5 Å². The molecule has 0 aromatic heterocycles. The van der Waals surface area contributed by atoms with E-state index in [4.69, 9.17) is 10.7 Å². The highest BCUT2D eigenvalue weighted by Gasteiger charge is 2.42. The number of hydrogen-bond donors (Lipinski definition) is 1. The maximum atomic E-state index is 5.18. The first kappa shape index (κ1) is 8.48. The average molecular weight is 170 g/mol. The summed E-state index contributed by atoms with van der Waals surface area (Å²) in [6.45, 7) is 3.24. The van der Waals surface area contributed by atoms with Crippen LogP contribution in [0, 0.1) is 0 Å². The van der Waals surface area contributed by atoms with Gasteiger partial charge in [0, 0.05) is 5.54 Å². The molecule has 0 radical (unpaired) electrons. The number of fused-ring (bicyclic) bond motifs is 1. The first-order valence-corrected chi connectivity index (χ1v) is 4.94. The molecule has 2 rings (SSSR count). The van der Waals surface area contributed by atoms with Crippen molar-refractivity contribution in [1.82, 2.24) is 4.90 Å². The lowest BCUT2D eigenvalue weighted by Gasteiger charge is -2.41. The predicted octanol–water partition coefficient (Wildman–Crippen LogP) is 0.895. The Kier molecular flexibility index (Phi) is 2.35. The van der Waals surface area contributed by atoms with E-state index < -0.39 is 0 Å². The molecule has 0 bridgehead atoms. The normalized spacial score (nSPS) is 36.8. The number of piperidine rings is 1. The molecular formula is C9H18N2O. The minimum atomic E-state index is 0.326. The van der Waals surface area contributed by atoms with Gasteiger partial charge >= 0.3 is 0 Å². The lowest BCUT2D eigenvalue weighted by molar-refractivity contribution is -0.00799. The highest BCUT2D eigenvalue weighted by atomic mass is 16.6.